The van der Waals surface area contributed by atoms with Gasteiger partial charge >= 0.3 is 35.8 Å². The number of carbonyl (C=O) groups is 8. The van der Waals surface area contributed by atoms with Gasteiger partial charge in [0.15, 0.2) is 0 Å². The zero-order valence-corrected chi connectivity index (χ0v) is 21.9. The Labute approximate surface area is 236 Å². The van der Waals surface area contributed by atoms with Gasteiger partial charge in [-0.1, -0.05) is 0 Å². The van der Waals surface area contributed by atoms with Crippen molar-refractivity contribution < 1.29 is 79.2 Å². The molecule has 0 spiro atoms. The zero-order valence-electron chi connectivity index (χ0n) is 21.9. The molecule has 2 aliphatic rings. The lowest BCUT2D eigenvalue weighted by Crippen LogP contribution is -2.56. The molecule has 0 aliphatic carbocycles. The second kappa shape index (κ2) is 16.1. The molecule has 6 unspecified atom stereocenters. The van der Waals surface area contributed by atoms with E-state index in [-0.39, 0.29) is 26.2 Å². The quantitative estimate of drug-likeness (QED) is 0.105. The summed E-state index contributed by atoms with van der Waals surface area (Å²) in [5, 5.41) is 77.5. The largest absolute Gasteiger partial charge is 0.481 e. The van der Waals surface area contributed by atoms with Crippen LogP contribution in [0.3, 0.4) is 0 Å². The number of carbonyl (C=O) groups excluding carboxylic acids is 2. The van der Waals surface area contributed by atoms with E-state index in [9.17, 15) is 48.6 Å². The number of carboxylic acid groups (broad SMARTS) is 6. The molecule has 2 saturated heterocycles. The van der Waals surface area contributed by atoms with Gasteiger partial charge in [0.05, 0.1) is 43.9 Å². The number of aliphatic hydroxyl groups is 2. The molecule has 6 atom stereocenters. The predicted molar refractivity (Wildman–Crippen MR) is 131 cm³/mol. The molecule has 2 aliphatic heterocycles. The molecule has 0 radical (unpaired) electrons. The van der Waals surface area contributed by atoms with E-state index < -0.39 is 110 Å². The number of nitrogens with one attached hydrogen (secondary N) is 2. The summed E-state index contributed by atoms with van der Waals surface area (Å²) in [5.74, 6) is -10.2. The molecule has 20 heteroatoms. The van der Waals surface area contributed by atoms with Gasteiger partial charge in [-0.25, -0.2) is 9.59 Å². The SMILES string of the molecule is O=C(O)CC(C(=O)O)N1CC(O)CNC(C(=O)O)CC1=O.O=C(O)CC1NCC(O)CN(C(CC(=O)O)C(=O)O)C1=O. The lowest BCUT2D eigenvalue weighted by molar-refractivity contribution is -0.157. The summed E-state index contributed by atoms with van der Waals surface area (Å²) in [5.41, 5.74) is 0. The molecule has 20 nitrogen and oxygen atoms in total. The van der Waals surface area contributed by atoms with Gasteiger partial charge in [0.25, 0.3) is 0 Å². The molecule has 2 fully saturated rings. The first-order chi connectivity index (χ1) is 19.4. The van der Waals surface area contributed by atoms with Crippen LogP contribution in [0.15, 0.2) is 0 Å². The molecule has 2 rings (SSSR count). The standard InChI is InChI=1S/2C11H16N2O8/c14-5-3-12-6(1-8(15)16)10(19)13(4-5)7(11(20)21)2-9(17)18;14-5-3-12-6(10(18)19)1-8(15)13(4-5)7(11(20)21)2-9(16)17/h5-7,12,14H,1-4H2,(H,15,16)(H,17,18)(H,20,21);5-7,12,14H,1-4H2,(H,16,17)(H,18,19)(H,20,21). The molecule has 0 aromatic heterocycles. The van der Waals surface area contributed by atoms with Crippen LogP contribution in [-0.2, 0) is 38.4 Å². The molecule has 0 aromatic rings. The highest BCUT2D eigenvalue weighted by molar-refractivity contribution is 5.92. The Hall–Kier alpha value is -4.40. The second-order valence-electron chi connectivity index (χ2n) is 9.31. The summed E-state index contributed by atoms with van der Waals surface area (Å²) in [6.07, 6.45) is -5.12. The normalized spacial score (nSPS) is 24.5. The Morgan fingerprint density at radius 3 is 1.60 bits per heavy atom. The minimum atomic E-state index is -1.67. The number of carboxylic acids is 6. The summed E-state index contributed by atoms with van der Waals surface area (Å²) in [6.45, 7) is -1.02. The van der Waals surface area contributed by atoms with Crippen molar-refractivity contribution in [2.24, 2.45) is 0 Å². The topological polar surface area (TPSA) is 329 Å². The van der Waals surface area contributed by atoms with Crippen molar-refractivity contribution in [1.82, 2.24) is 20.4 Å². The summed E-state index contributed by atoms with van der Waals surface area (Å²) >= 11 is 0. The zero-order chi connectivity index (χ0) is 32.3. The van der Waals surface area contributed by atoms with Crippen molar-refractivity contribution in [3.63, 3.8) is 0 Å². The van der Waals surface area contributed by atoms with Gasteiger partial charge < -0.3 is 61.3 Å². The highest BCUT2D eigenvalue weighted by Gasteiger charge is 2.39. The minimum absolute atomic E-state index is 0.0976. The molecule has 236 valence electrons. The number of rotatable bonds is 11. The number of β-amino-alcohol motifs (C(OH)–C–C–N with tert-alkyl or cyclic N) is 2. The van der Waals surface area contributed by atoms with Gasteiger partial charge in [0, 0.05) is 26.2 Å². The van der Waals surface area contributed by atoms with Crippen LogP contribution >= 0.6 is 0 Å². The minimum Gasteiger partial charge on any atom is -0.481 e. The molecule has 2 amide bonds. The third kappa shape index (κ3) is 11.2. The van der Waals surface area contributed by atoms with E-state index in [2.05, 4.69) is 10.6 Å². The van der Waals surface area contributed by atoms with E-state index in [1.54, 1.807) is 0 Å². The van der Waals surface area contributed by atoms with Crippen LogP contribution < -0.4 is 10.6 Å². The van der Waals surface area contributed by atoms with Crippen LogP contribution in [0.5, 0.6) is 0 Å². The maximum atomic E-state index is 12.2. The Morgan fingerprint density at radius 2 is 1.17 bits per heavy atom. The van der Waals surface area contributed by atoms with Gasteiger partial charge in [0.2, 0.25) is 11.8 Å². The van der Waals surface area contributed by atoms with Crippen molar-refractivity contribution in [3.05, 3.63) is 0 Å². The Kier molecular flexibility index (Phi) is 13.7. The highest BCUT2D eigenvalue weighted by atomic mass is 16.4. The van der Waals surface area contributed by atoms with Gasteiger partial charge in [-0.05, 0) is 0 Å². The fourth-order valence-corrected chi connectivity index (χ4v) is 4.07. The van der Waals surface area contributed by atoms with Crippen molar-refractivity contribution >= 4 is 47.6 Å². The first-order valence-corrected chi connectivity index (χ1v) is 12.2. The Balaban J connectivity index is 0.000000420. The lowest BCUT2D eigenvalue weighted by atomic mass is 10.1. The van der Waals surface area contributed by atoms with Gasteiger partial charge in [-0.2, -0.15) is 0 Å². The Morgan fingerprint density at radius 1 is 0.714 bits per heavy atom. The van der Waals surface area contributed by atoms with Crippen LogP contribution in [0.2, 0.25) is 0 Å². The number of nitrogens with zero attached hydrogens (tertiary/aromatic N) is 2. The lowest BCUT2D eigenvalue weighted by Gasteiger charge is -2.33. The molecule has 0 aromatic carbocycles. The van der Waals surface area contributed by atoms with Crippen LogP contribution in [-0.4, -0.2) is 161 Å². The fraction of sp³-hybridized carbons (Fsp3) is 0.636. The van der Waals surface area contributed by atoms with Crippen LogP contribution in [0.4, 0.5) is 0 Å². The maximum absolute atomic E-state index is 12.2. The van der Waals surface area contributed by atoms with Crippen molar-refractivity contribution in [1.29, 1.82) is 0 Å². The van der Waals surface area contributed by atoms with E-state index in [0.29, 0.717) is 9.80 Å². The maximum Gasteiger partial charge on any atom is 0.327 e. The van der Waals surface area contributed by atoms with E-state index in [0.717, 1.165) is 0 Å². The van der Waals surface area contributed by atoms with E-state index >= 15 is 0 Å². The molecule has 42 heavy (non-hydrogen) atoms. The fourth-order valence-electron chi connectivity index (χ4n) is 4.07. The summed E-state index contributed by atoms with van der Waals surface area (Å²) in [4.78, 5) is 91.0. The van der Waals surface area contributed by atoms with Crippen molar-refractivity contribution in [2.75, 3.05) is 26.2 Å². The molecule has 2 heterocycles. The van der Waals surface area contributed by atoms with Gasteiger partial charge in [-0.3, -0.25) is 28.8 Å². The Bertz CT molecular complexity index is 1070. The third-order valence-corrected chi connectivity index (χ3v) is 6.03. The van der Waals surface area contributed by atoms with Crippen LogP contribution in [0, 0.1) is 0 Å². The second-order valence-corrected chi connectivity index (χ2v) is 9.31. The van der Waals surface area contributed by atoms with E-state index in [4.69, 9.17) is 30.6 Å². The van der Waals surface area contributed by atoms with Crippen LogP contribution in [0.1, 0.15) is 25.7 Å². The first-order valence-electron chi connectivity index (χ1n) is 12.2. The number of aliphatic hydroxyl groups excluding tert-OH is 2. The number of hydrogen-bond acceptors (Lipinski definition) is 12. The average Bonchev–Trinajstić information content (AvgIpc) is 2.99. The van der Waals surface area contributed by atoms with Crippen molar-refractivity contribution in [3.8, 4) is 0 Å². The molecule has 10 N–H and O–H groups in total. The average molecular weight is 609 g/mol. The van der Waals surface area contributed by atoms with Gasteiger partial charge in [-0.15, -0.1) is 0 Å². The number of hydrogen-bond donors (Lipinski definition) is 10. The highest BCUT2D eigenvalue weighted by Crippen LogP contribution is 2.15. The predicted octanol–water partition coefficient (Wildman–Crippen LogP) is -4.90. The summed E-state index contributed by atoms with van der Waals surface area (Å²) in [7, 11) is 0. The van der Waals surface area contributed by atoms with Gasteiger partial charge in [0.1, 0.15) is 18.1 Å². The first kappa shape index (κ1) is 35.6. The smallest absolute Gasteiger partial charge is 0.327 e. The summed E-state index contributed by atoms with van der Waals surface area (Å²) < 4.78 is 0. The van der Waals surface area contributed by atoms with E-state index in [1.165, 1.54) is 0 Å². The molecular weight excluding hydrogens is 576 g/mol. The molecule has 0 saturated carbocycles. The monoisotopic (exact) mass is 608 g/mol. The molecular formula is C22H32N4O16. The number of amides is 2. The van der Waals surface area contributed by atoms with Crippen LogP contribution in [0.25, 0.3) is 0 Å². The number of aliphatic carboxylic acids is 6. The van der Waals surface area contributed by atoms with Crippen molar-refractivity contribution in [2.45, 2.75) is 62.1 Å². The molecule has 0 bridgehead atoms. The summed E-state index contributed by atoms with van der Waals surface area (Å²) in [6, 6.07) is -5.80. The van der Waals surface area contributed by atoms with E-state index in [1.807, 2.05) is 0 Å². The third-order valence-electron chi connectivity index (χ3n) is 6.03.